The lowest BCUT2D eigenvalue weighted by atomic mass is 9.93. The molecule has 0 spiro atoms. The zero-order valence-electron chi connectivity index (χ0n) is 15.0. The summed E-state index contributed by atoms with van der Waals surface area (Å²) in [5.74, 6) is -0.379. The highest BCUT2D eigenvalue weighted by Gasteiger charge is 2.25. The van der Waals surface area contributed by atoms with E-state index in [2.05, 4.69) is 36.3 Å². The number of carbonyl (C=O) groups is 2. The minimum absolute atomic E-state index is 0.158. The number of aromatic nitrogens is 2. The van der Waals surface area contributed by atoms with E-state index in [0.29, 0.717) is 0 Å². The van der Waals surface area contributed by atoms with E-state index in [4.69, 9.17) is 5.73 Å². The van der Waals surface area contributed by atoms with Crippen LogP contribution in [0, 0.1) is 19.3 Å². The minimum Gasteiger partial charge on any atom is -0.369 e. The molecule has 6 nitrogen and oxygen atoms in total. The number of rotatable bonds is 7. The van der Waals surface area contributed by atoms with Crippen molar-refractivity contribution in [3.8, 4) is 5.69 Å². The molecule has 1 heterocycles. The lowest BCUT2D eigenvalue weighted by Crippen LogP contribution is -2.42. The summed E-state index contributed by atoms with van der Waals surface area (Å²) < 4.78 is 1.96. The molecule has 0 fully saturated rings. The molecule has 0 unspecified atom stereocenters. The molecular formula is C18H24N4O2S. The standard InChI is InChI=1S/C18H24N4O2S/c1-12-5-6-14(9-13(12)2)22-8-7-20-17(22)25-10-15(23)21-11-18(3,4)16(19)24/h5-9H,10-11H2,1-4H3,(H2,19,24)(H,21,23). The van der Waals surface area contributed by atoms with E-state index in [1.807, 2.05) is 16.8 Å². The van der Waals surface area contributed by atoms with Gasteiger partial charge in [-0.2, -0.15) is 0 Å². The number of nitrogens with two attached hydrogens (primary N) is 1. The Hall–Kier alpha value is -2.28. The van der Waals surface area contributed by atoms with Crippen LogP contribution in [-0.2, 0) is 9.59 Å². The first-order valence-electron chi connectivity index (χ1n) is 8.01. The normalized spacial score (nSPS) is 11.4. The molecule has 25 heavy (non-hydrogen) atoms. The first-order valence-corrected chi connectivity index (χ1v) is 8.99. The van der Waals surface area contributed by atoms with Gasteiger partial charge in [0.05, 0.1) is 11.2 Å². The van der Waals surface area contributed by atoms with Crippen LogP contribution >= 0.6 is 11.8 Å². The molecule has 7 heteroatoms. The zero-order valence-corrected chi connectivity index (χ0v) is 15.8. The summed E-state index contributed by atoms with van der Waals surface area (Å²) in [4.78, 5) is 27.6. The molecule has 134 valence electrons. The van der Waals surface area contributed by atoms with Crippen LogP contribution in [0.4, 0.5) is 0 Å². The number of amides is 2. The maximum atomic E-state index is 12.0. The van der Waals surface area contributed by atoms with Crippen molar-refractivity contribution in [1.29, 1.82) is 0 Å². The van der Waals surface area contributed by atoms with E-state index in [1.54, 1.807) is 20.0 Å². The Labute approximate surface area is 152 Å². The maximum absolute atomic E-state index is 12.0. The molecule has 1 aromatic carbocycles. The van der Waals surface area contributed by atoms with Gasteiger partial charge >= 0.3 is 0 Å². The van der Waals surface area contributed by atoms with Gasteiger partial charge in [0, 0.05) is 24.6 Å². The fourth-order valence-corrected chi connectivity index (χ4v) is 2.86. The molecule has 2 rings (SSSR count). The van der Waals surface area contributed by atoms with E-state index in [9.17, 15) is 9.59 Å². The molecule has 2 amide bonds. The van der Waals surface area contributed by atoms with Crippen molar-refractivity contribution in [1.82, 2.24) is 14.9 Å². The third-order valence-corrected chi connectivity index (χ3v) is 5.07. The van der Waals surface area contributed by atoms with Crippen LogP contribution in [0.1, 0.15) is 25.0 Å². The van der Waals surface area contributed by atoms with Crippen LogP contribution in [-0.4, -0.2) is 33.7 Å². The number of imidazole rings is 1. The Bertz CT molecular complexity index is 783. The lowest BCUT2D eigenvalue weighted by molar-refractivity contribution is -0.126. The van der Waals surface area contributed by atoms with Crippen LogP contribution in [0.2, 0.25) is 0 Å². The van der Waals surface area contributed by atoms with Crippen LogP contribution in [0.3, 0.4) is 0 Å². The van der Waals surface area contributed by atoms with Gasteiger partial charge in [0.15, 0.2) is 5.16 Å². The molecule has 0 bridgehead atoms. The SMILES string of the molecule is Cc1ccc(-n2ccnc2SCC(=O)NCC(C)(C)C(N)=O)cc1C. The van der Waals surface area contributed by atoms with Crippen LogP contribution in [0.25, 0.3) is 5.69 Å². The average Bonchev–Trinajstić information content (AvgIpc) is 3.02. The quantitative estimate of drug-likeness (QED) is 0.741. The summed E-state index contributed by atoms with van der Waals surface area (Å²) in [7, 11) is 0. The average molecular weight is 360 g/mol. The molecule has 0 saturated carbocycles. The fourth-order valence-electron chi connectivity index (χ4n) is 2.06. The number of hydrogen-bond acceptors (Lipinski definition) is 4. The number of primary amides is 1. The zero-order chi connectivity index (χ0) is 18.6. The second-order valence-electron chi connectivity index (χ2n) is 6.66. The topological polar surface area (TPSA) is 90.0 Å². The first-order chi connectivity index (χ1) is 11.7. The largest absolute Gasteiger partial charge is 0.369 e. The van der Waals surface area contributed by atoms with E-state index in [1.165, 1.54) is 22.9 Å². The summed E-state index contributed by atoms with van der Waals surface area (Å²) in [6.07, 6.45) is 3.59. The van der Waals surface area contributed by atoms with Crippen molar-refractivity contribution < 1.29 is 9.59 Å². The lowest BCUT2D eigenvalue weighted by Gasteiger charge is -2.20. The number of nitrogens with zero attached hydrogens (tertiary/aromatic N) is 2. The summed E-state index contributed by atoms with van der Waals surface area (Å²) in [6.45, 7) is 7.76. The van der Waals surface area contributed by atoms with Gasteiger partial charge in [-0.05, 0) is 51.0 Å². The van der Waals surface area contributed by atoms with Crippen molar-refractivity contribution in [2.75, 3.05) is 12.3 Å². The van der Waals surface area contributed by atoms with E-state index in [-0.39, 0.29) is 18.2 Å². The Kier molecular flexibility index (Phi) is 5.89. The van der Waals surface area contributed by atoms with Gasteiger partial charge in [0.2, 0.25) is 11.8 Å². The third-order valence-electron chi connectivity index (χ3n) is 4.10. The summed E-state index contributed by atoms with van der Waals surface area (Å²) in [5.41, 5.74) is 7.99. The minimum atomic E-state index is -0.766. The highest BCUT2D eigenvalue weighted by molar-refractivity contribution is 7.99. The maximum Gasteiger partial charge on any atom is 0.230 e. The second kappa shape index (κ2) is 7.74. The summed E-state index contributed by atoms with van der Waals surface area (Å²) >= 11 is 1.35. The van der Waals surface area contributed by atoms with Gasteiger partial charge in [-0.15, -0.1) is 0 Å². The van der Waals surface area contributed by atoms with Gasteiger partial charge in [-0.3, -0.25) is 14.2 Å². The predicted octanol–water partition coefficient (Wildman–Crippen LogP) is 2.21. The van der Waals surface area contributed by atoms with Crippen molar-refractivity contribution in [2.45, 2.75) is 32.9 Å². The molecule has 0 radical (unpaired) electrons. The van der Waals surface area contributed by atoms with E-state index in [0.717, 1.165) is 10.8 Å². The molecule has 2 aromatic rings. The molecule has 0 atom stereocenters. The predicted molar refractivity (Wildman–Crippen MR) is 99.7 cm³/mol. The van der Waals surface area contributed by atoms with Gasteiger partial charge < -0.3 is 11.1 Å². The van der Waals surface area contributed by atoms with Crippen molar-refractivity contribution >= 4 is 23.6 Å². The number of benzene rings is 1. The molecular weight excluding hydrogens is 336 g/mol. The Morgan fingerprint density at radius 1 is 1.28 bits per heavy atom. The Morgan fingerprint density at radius 2 is 2.00 bits per heavy atom. The van der Waals surface area contributed by atoms with Crippen LogP contribution in [0.5, 0.6) is 0 Å². The van der Waals surface area contributed by atoms with Crippen molar-refractivity contribution in [3.05, 3.63) is 41.7 Å². The van der Waals surface area contributed by atoms with Gasteiger partial charge in [0.1, 0.15) is 0 Å². The second-order valence-corrected chi connectivity index (χ2v) is 7.60. The molecule has 0 saturated heterocycles. The molecule has 0 aliphatic rings. The fraction of sp³-hybridized carbons (Fsp3) is 0.389. The molecule has 0 aliphatic carbocycles. The number of thioether (sulfide) groups is 1. The van der Waals surface area contributed by atoms with Crippen molar-refractivity contribution in [2.24, 2.45) is 11.1 Å². The van der Waals surface area contributed by atoms with Gasteiger partial charge in [-0.25, -0.2) is 4.98 Å². The number of nitrogens with one attached hydrogen (secondary N) is 1. The smallest absolute Gasteiger partial charge is 0.230 e. The monoisotopic (exact) mass is 360 g/mol. The Balaban J connectivity index is 1.98. The van der Waals surface area contributed by atoms with Crippen LogP contribution < -0.4 is 11.1 Å². The summed E-state index contributed by atoms with van der Waals surface area (Å²) in [5, 5.41) is 3.49. The van der Waals surface area contributed by atoms with Crippen molar-refractivity contribution in [3.63, 3.8) is 0 Å². The van der Waals surface area contributed by atoms with E-state index < -0.39 is 11.3 Å². The van der Waals surface area contributed by atoms with Gasteiger partial charge in [-0.1, -0.05) is 17.8 Å². The summed E-state index contributed by atoms with van der Waals surface area (Å²) in [6, 6.07) is 6.19. The number of carbonyl (C=O) groups excluding carboxylic acids is 2. The third kappa shape index (κ3) is 4.85. The van der Waals surface area contributed by atoms with Crippen LogP contribution in [0.15, 0.2) is 35.7 Å². The van der Waals surface area contributed by atoms with Gasteiger partial charge in [0.25, 0.3) is 0 Å². The number of hydrogen-bond donors (Lipinski definition) is 2. The highest BCUT2D eigenvalue weighted by atomic mass is 32.2. The highest BCUT2D eigenvalue weighted by Crippen LogP contribution is 2.22. The molecule has 1 aromatic heterocycles. The first kappa shape index (κ1) is 19.1. The van der Waals surface area contributed by atoms with E-state index >= 15 is 0 Å². The Morgan fingerprint density at radius 3 is 2.64 bits per heavy atom. The number of aryl methyl sites for hydroxylation is 2. The molecule has 3 N–H and O–H groups in total. The molecule has 0 aliphatic heterocycles.